The summed E-state index contributed by atoms with van der Waals surface area (Å²) in [4.78, 5) is 2.20. The van der Waals surface area contributed by atoms with Crippen LogP contribution in [0.3, 0.4) is 0 Å². The van der Waals surface area contributed by atoms with E-state index in [9.17, 15) is 5.26 Å². The van der Waals surface area contributed by atoms with E-state index in [4.69, 9.17) is 0 Å². The lowest BCUT2D eigenvalue weighted by Crippen LogP contribution is -2.41. The summed E-state index contributed by atoms with van der Waals surface area (Å²) in [6, 6.07) is 9.41. The topological polar surface area (TPSA) is 27.0 Å². The average Bonchev–Trinajstić information content (AvgIpc) is 2.27. The van der Waals surface area contributed by atoms with Crippen LogP contribution in [-0.2, 0) is 0 Å². The minimum absolute atomic E-state index is 0.175. The van der Waals surface area contributed by atoms with Gasteiger partial charge in [0.05, 0.1) is 17.5 Å². The molecule has 2 rings (SSSR count). The van der Waals surface area contributed by atoms with Gasteiger partial charge >= 0.3 is 0 Å². The Morgan fingerprint density at radius 2 is 1.89 bits per heavy atom. The Morgan fingerprint density at radius 1 is 1.22 bits per heavy atom. The second-order valence-corrected chi connectivity index (χ2v) is 5.83. The first-order valence-electron chi connectivity index (χ1n) is 6.65. The van der Waals surface area contributed by atoms with Gasteiger partial charge in [-0.05, 0) is 57.5 Å². The average molecular weight is 242 g/mol. The lowest BCUT2D eigenvalue weighted by molar-refractivity contribution is 0.0748. The van der Waals surface area contributed by atoms with Crippen molar-refractivity contribution in [1.29, 1.82) is 5.26 Å². The van der Waals surface area contributed by atoms with Gasteiger partial charge in [-0.1, -0.05) is 24.6 Å². The zero-order chi connectivity index (χ0) is 13.3. The normalized spacial score (nSPS) is 19.1. The number of benzene rings is 1. The third kappa shape index (κ3) is 2.04. The molecule has 1 fully saturated rings. The maximum atomic E-state index is 9.56. The van der Waals surface area contributed by atoms with Crippen LogP contribution in [0.2, 0.25) is 0 Å². The van der Waals surface area contributed by atoms with Crippen LogP contribution in [0.25, 0.3) is 0 Å². The molecule has 1 aromatic carbocycles. The fourth-order valence-corrected chi connectivity index (χ4v) is 3.05. The zero-order valence-corrected chi connectivity index (χ0v) is 11.8. The van der Waals surface area contributed by atoms with Crippen molar-refractivity contribution in [1.82, 2.24) is 4.90 Å². The fourth-order valence-electron chi connectivity index (χ4n) is 3.05. The molecule has 96 valence electrons. The van der Waals surface area contributed by atoms with Crippen LogP contribution < -0.4 is 0 Å². The van der Waals surface area contributed by atoms with Gasteiger partial charge in [0, 0.05) is 0 Å². The van der Waals surface area contributed by atoms with E-state index in [1.165, 1.54) is 23.1 Å². The van der Waals surface area contributed by atoms with Gasteiger partial charge in [-0.25, -0.2) is 0 Å². The molecule has 1 unspecified atom stereocenters. The SMILES string of the molecule is Cc1ccc(C(N(C)C)C2(C#N)CCC2)cc1C. The van der Waals surface area contributed by atoms with Crippen molar-refractivity contribution in [2.75, 3.05) is 14.1 Å². The predicted molar refractivity (Wildman–Crippen MR) is 74.2 cm³/mol. The number of aryl methyl sites for hydroxylation is 2. The van der Waals surface area contributed by atoms with Crippen molar-refractivity contribution in [3.05, 3.63) is 34.9 Å². The second kappa shape index (κ2) is 4.74. The van der Waals surface area contributed by atoms with Crippen LogP contribution >= 0.6 is 0 Å². The first-order valence-corrected chi connectivity index (χ1v) is 6.65. The molecule has 18 heavy (non-hydrogen) atoms. The maximum absolute atomic E-state index is 9.56. The molecule has 1 aromatic rings. The van der Waals surface area contributed by atoms with Crippen molar-refractivity contribution in [2.24, 2.45) is 5.41 Å². The minimum Gasteiger partial charge on any atom is -0.301 e. The van der Waals surface area contributed by atoms with Gasteiger partial charge in [-0.15, -0.1) is 0 Å². The summed E-state index contributed by atoms with van der Waals surface area (Å²) in [5.74, 6) is 0. The molecule has 0 bridgehead atoms. The van der Waals surface area contributed by atoms with Crippen molar-refractivity contribution in [2.45, 2.75) is 39.2 Å². The van der Waals surface area contributed by atoms with E-state index in [2.05, 4.69) is 57.1 Å². The first-order chi connectivity index (χ1) is 8.50. The third-order valence-corrected chi connectivity index (χ3v) is 4.35. The summed E-state index contributed by atoms with van der Waals surface area (Å²) in [5.41, 5.74) is 3.73. The Kier molecular flexibility index (Phi) is 3.45. The van der Waals surface area contributed by atoms with Crippen LogP contribution in [0, 0.1) is 30.6 Å². The second-order valence-electron chi connectivity index (χ2n) is 5.83. The van der Waals surface area contributed by atoms with Crippen molar-refractivity contribution in [3.63, 3.8) is 0 Å². The van der Waals surface area contributed by atoms with Gasteiger partial charge in [0.2, 0.25) is 0 Å². The Bertz CT molecular complexity index is 478. The highest BCUT2D eigenvalue weighted by Gasteiger charge is 2.46. The lowest BCUT2D eigenvalue weighted by atomic mass is 9.63. The van der Waals surface area contributed by atoms with Crippen LogP contribution in [0.1, 0.15) is 42.0 Å². The molecule has 1 atom stereocenters. The molecule has 1 aliphatic rings. The molecular formula is C16H22N2. The third-order valence-electron chi connectivity index (χ3n) is 4.35. The van der Waals surface area contributed by atoms with E-state index in [-0.39, 0.29) is 11.5 Å². The highest BCUT2D eigenvalue weighted by atomic mass is 15.1. The summed E-state index contributed by atoms with van der Waals surface area (Å²) in [7, 11) is 4.16. The van der Waals surface area contributed by atoms with E-state index in [0.29, 0.717) is 0 Å². The van der Waals surface area contributed by atoms with E-state index in [0.717, 1.165) is 12.8 Å². The van der Waals surface area contributed by atoms with E-state index < -0.39 is 0 Å². The molecule has 0 aliphatic heterocycles. The molecule has 0 N–H and O–H groups in total. The molecule has 0 amide bonds. The molecule has 1 saturated carbocycles. The smallest absolute Gasteiger partial charge is 0.0770 e. The Labute approximate surface area is 110 Å². The summed E-state index contributed by atoms with van der Waals surface area (Å²) in [5, 5.41) is 9.56. The number of hydrogen-bond donors (Lipinski definition) is 0. The maximum Gasteiger partial charge on any atom is 0.0770 e. The predicted octanol–water partition coefficient (Wildman–Crippen LogP) is 3.60. The number of nitrogens with zero attached hydrogens (tertiary/aromatic N) is 2. The van der Waals surface area contributed by atoms with E-state index in [1.807, 2.05) is 0 Å². The molecule has 0 saturated heterocycles. The standard InChI is InChI=1S/C16H22N2/c1-12-6-7-14(10-13(12)2)15(18(3)4)16(11-17)8-5-9-16/h6-7,10,15H,5,8-9H2,1-4H3. The Balaban J connectivity index is 2.42. The molecule has 0 spiro atoms. The monoisotopic (exact) mass is 242 g/mol. The van der Waals surface area contributed by atoms with Crippen LogP contribution in [0.5, 0.6) is 0 Å². The molecule has 0 aromatic heterocycles. The van der Waals surface area contributed by atoms with Crippen molar-refractivity contribution < 1.29 is 0 Å². The highest BCUT2D eigenvalue weighted by Crippen LogP contribution is 2.51. The van der Waals surface area contributed by atoms with Gasteiger partial charge in [0.25, 0.3) is 0 Å². The molecule has 0 heterocycles. The highest BCUT2D eigenvalue weighted by molar-refractivity contribution is 5.34. The van der Waals surface area contributed by atoms with Gasteiger partial charge in [-0.2, -0.15) is 5.26 Å². The van der Waals surface area contributed by atoms with E-state index in [1.54, 1.807) is 0 Å². The van der Waals surface area contributed by atoms with Crippen LogP contribution in [-0.4, -0.2) is 19.0 Å². The summed E-state index contributed by atoms with van der Waals surface area (Å²) in [6.07, 6.45) is 3.24. The summed E-state index contributed by atoms with van der Waals surface area (Å²) >= 11 is 0. The molecule has 2 nitrogen and oxygen atoms in total. The Morgan fingerprint density at radius 3 is 2.28 bits per heavy atom. The van der Waals surface area contributed by atoms with Gasteiger partial charge < -0.3 is 4.90 Å². The fraction of sp³-hybridized carbons (Fsp3) is 0.562. The number of rotatable bonds is 3. The van der Waals surface area contributed by atoms with Crippen LogP contribution in [0.15, 0.2) is 18.2 Å². The van der Waals surface area contributed by atoms with Gasteiger partial charge in [0.1, 0.15) is 0 Å². The molecule has 1 aliphatic carbocycles. The first kappa shape index (κ1) is 13.1. The van der Waals surface area contributed by atoms with Crippen molar-refractivity contribution in [3.8, 4) is 6.07 Å². The molecule has 0 radical (unpaired) electrons. The quantitative estimate of drug-likeness (QED) is 0.809. The Hall–Kier alpha value is -1.33. The zero-order valence-electron chi connectivity index (χ0n) is 11.8. The minimum atomic E-state index is -0.175. The van der Waals surface area contributed by atoms with E-state index >= 15 is 0 Å². The molecular weight excluding hydrogens is 220 g/mol. The number of nitriles is 1. The molecule has 2 heteroatoms. The summed E-state index contributed by atoms with van der Waals surface area (Å²) in [6.45, 7) is 4.28. The van der Waals surface area contributed by atoms with Gasteiger partial charge in [0.15, 0.2) is 0 Å². The summed E-state index contributed by atoms with van der Waals surface area (Å²) < 4.78 is 0. The number of hydrogen-bond acceptors (Lipinski definition) is 2. The largest absolute Gasteiger partial charge is 0.301 e. The van der Waals surface area contributed by atoms with Crippen LogP contribution in [0.4, 0.5) is 0 Å². The van der Waals surface area contributed by atoms with Crippen molar-refractivity contribution >= 4 is 0 Å². The lowest BCUT2D eigenvalue weighted by Gasteiger charge is -2.45. The van der Waals surface area contributed by atoms with Gasteiger partial charge in [-0.3, -0.25) is 0 Å².